The molecule has 0 aliphatic carbocycles. The second-order valence-electron chi connectivity index (χ2n) is 8.39. The smallest absolute Gasteiger partial charge is 0.356 e. The molecule has 2 aliphatic heterocycles. The monoisotopic (exact) mass is 473 g/mol. The number of rotatable bonds is 12. The summed E-state index contributed by atoms with van der Waals surface area (Å²) in [6.07, 6.45) is 2.91. The van der Waals surface area contributed by atoms with Crippen molar-refractivity contribution in [1.82, 2.24) is 4.90 Å². The van der Waals surface area contributed by atoms with Gasteiger partial charge in [0, 0.05) is 16.2 Å². The molecule has 3 rings (SSSR count). The van der Waals surface area contributed by atoms with Crippen molar-refractivity contribution in [3.63, 3.8) is 0 Å². The van der Waals surface area contributed by atoms with Gasteiger partial charge in [-0.05, 0) is 36.7 Å². The summed E-state index contributed by atoms with van der Waals surface area (Å²) in [6, 6.07) is 13.1. The zero-order chi connectivity index (χ0) is 23.3. The van der Waals surface area contributed by atoms with E-state index in [1.165, 1.54) is 0 Å². The van der Waals surface area contributed by atoms with Gasteiger partial charge < -0.3 is 14.1 Å². The second-order valence-corrected chi connectivity index (χ2v) is 14.3. The Balaban J connectivity index is 1.86. The molecule has 1 aromatic carbocycles. The van der Waals surface area contributed by atoms with Gasteiger partial charge in [0.15, 0.2) is 8.32 Å². The van der Waals surface area contributed by atoms with Gasteiger partial charge in [-0.15, -0.1) is 0 Å². The fraction of sp³-hybridized carbons (Fsp3) is 0.520. The number of carbonyl (C=O) groups excluding carboxylic acids is 2. The molecule has 5 nitrogen and oxygen atoms in total. The SMILES string of the molecule is C=CCOC(=O)C1=C(Sc2ccccc2)C[C@@H]2[C@H]([C@H](CC)O[Si](CC)(CC)CC)C(=O)N12. The minimum Gasteiger partial charge on any atom is -0.457 e. The summed E-state index contributed by atoms with van der Waals surface area (Å²) >= 11 is 1.55. The van der Waals surface area contributed by atoms with Crippen molar-refractivity contribution in [2.45, 2.75) is 75.7 Å². The third-order valence-electron chi connectivity index (χ3n) is 6.82. The van der Waals surface area contributed by atoms with Crippen molar-refractivity contribution in [3.8, 4) is 0 Å². The zero-order valence-corrected chi connectivity index (χ0v) is 21.5. The molecule has 0 bridgehead atoms. The summed E-state index contributed by atoms with van der Waals surface area (Å²) in [5.41, 5.74) is 0.395. The van der Waals surface area contributed by atoms with Gasteiger partial charge in [-0.3, -0.25) is 4.79 Å². The van der Waals surface area contributed by atoms with Crippen LogP contribution in [-0.4, -0.2) is 43.8 Å². The number of hydrogen-bond donors (Lipinski definition) is 0. The maximum Gasteiger partial charge on any atom is 0.356 e. The summed E-state index contributed by atoms with van der Waals surface area (Å²) in [5.74, 6) is -0.666. The fourth-order valence-electron chi connectivity index (χ4n) is 4.76. The average Bonchev–Trinajstić information content (AvgIpc) is 3.15. The molecule has 1 saturated heterocycles. The number of thioether (sulfide) groups is 1. The largest absolute Gasteiger partial charge is 0.457 e. The molecule has 0 spiro atoms. The first-order chi connectivity index (χ1) is 15.4. The molecule has 1 amide bonds. The van der Waals surface area contributed by atoms with Crippen LogP contribution in [-0.2, 0) is 18.8 Å². The van der Waals surface area contributed by atoms with Gasteiger partial charge in [-0.25, -0.2) is 4.79 Å². The van der Waals surface area contributed by atoms with Crippen LogP contribution in [0, 0.1) is 5.92 Å². The molecule has 2 aliphatic rings. The molecule has 0 unspecified atom stereocenters. The minimum atomic E-state index is -1.85. The van der Waals surface area contributed by atoms with Crippen LogP contribution in [0.5, 0.6) is 0 Å². The molecule has 32 heavy (non-hydrogen) atoms. The average molecular weight is 474 g/mol. The normalized spacial score (nSPS) is 21.2. The van der Waals surface area contributed by atoms with E-state index in [0.717, 1.165) is 34.4 Å². The molecular weight excluding hydrogens is 438 g/mol. The van der Waals surface area contributed by atoms with Crippen molar-refractivity contribution < 1.29 is 18.8 Å². The van der Waals surface area contributed by atoms with E-state index in [1.807, 2.05) is 30.3 Å². The number of β-lactam (4-membered cyclic amide) rings is 1. The third-order valence-corrected chi connectivity index (χ3v) is 12.6. The lowest BCUT2D eigenvalue weighted by molar-refractivity contribution is -0.162. The van der Waals surface area contributed by atoms with Gasteiger partial charge in [-0.1, -0.05) is 70.3 Å². The van der Waals surface area contributed by atoms with Crippen LogP contribution in [0.25, 0.3) is 0 Å². The van der Waals surface area contributed by atoms with Crippen molar-refractivity contribution >= 4 is 32.0 Å². The van der Waals surface area contributed by atoms with Gasteiger partial charge in [0.2, 0.25) is 5.91 Å². The number of carbonyl (C=O) groups is 2. The number of fused-ring (bicyclic) bond motifs is 1. The highest BCUT2D eigenvalue weighted by atomic mass is 32.2. The summed E-state index contributed by atoms with van der Waals surface area (Å²) in [7, 11) is -1.85. The number of nitrogens with zero attached hydrogens (tertiary/aromatic N) is 1. The first-order valence-corrected chi connectivity index (χ1v) is 15.0. The quantitative estimate of drug-likeness (QED) is 0.167. The number of amides is 1. The molecule has 2 heterocycles. The summed E-state index contributed by atoms with van der Waals surface area (Å²) in [5, 5.41) is 0. The highest BCUT2D eigenvalue weighted by Gasteiger charge is 2.58. The van der Waals surface area contributed by atoms with Gasteiger partial charge >= 0.3 is 5.97 Å². The minimum absolute atomic E-state index is 0.0118. The topological polar surface area (TPSA) is 55.8 Å². The lowest BCUT2D eigenvalue weighted by Crippen LogP contribution is -2.64. The lowest BCUT2D eigenvalue weighted by atomic mass is 9.82. The molecule has 0 N–H and O–H groups in total. The highest BCUT2D eigenvalue weighted by Crippen LogP contribution is 2.50. The Labute approximate surface area is 197 Å². The Morgan fingerprint density at radius 2 is 1.88 bits per heavy atom. The van der Waals surface area contributed by atoms with Crippen LogP contribution in [0.3, 0.4) is 0 Å². The van der Waals surface area contributed by atoms with E-state index in [4.69, 9.17) is 9.16 Å². The van der Waals surface area contributed by atoms with Crippen molar-refractivity contribution in [2.75, 3.05) is 6.61 Å². The summed E-state index contributed by atoms with van der Waals surface area (Å²) < 4.78 is 12.1. The van der Waals surface area contributed by atoms with Crippen molar-refractivity contribution in [3.05, 3.63) is 53.6 Å². The molecule has 1 fully saturated rings. The van der Waals surface area contributed by atoms with E-state index in [1.54, 1.807) is 22.7 Å². The van der Waals surface area contributed by atoms with Gasteiger partial charge in [0.05, 0.1) is 18.1 Å². The molecular formula is C25H35NO4SSi. The van der Waals surface area contributed by atoms with Crippen molar-refractivity contribution in [2.24, 2.45) is 5.92 Å². The Kier molecular flexibility index (Phi) is 8.41. The Hall–Kier alpha value is -1.83. The first-order valence-electron chi connectivity index (χ1n) is 11.7. The molecule has 0 aromatic heterocycles. The van der Waals surface area contributed by atoms with Crippen LogP contribution in [0.15, 0.2) is 58.5 Å². The highest BCUT2D eigenvalue weighted by molar-refractivity contribution is 8.03. The third kappa shape index (κ3) is 4.75. The number of hydrogen-bond acceptors (Lipinski definition) is 5. The fourth-order valence-corrected chi connectivity index (χ4v) is 8.82. The van der Waals surface area contributed by atoms with Gasteiger partial charge in [-0.2, -0.15) is 0 Å². The van der Waals surface area contributed by atoms with Crippen LogP contribution in [0.4, 0.5) is 0 Å². The molecule has 0 saturated carbocycles. The van der Waals surface area contributed by atoms with E-state index >= 15 is 0 Å². The van der Waals surface area contributed by atoms with E-state index in [2.05, 4.69) is 34.3 Å². The number of esters is 1. The standard InChI is InChI=1S/C25H35NO4SSi/c1-6-16-29-25(28)23-21(31-18-14-12-11-13-15-18)17-19-22(24(27)26(19)23)20(7-2)30-32(8-3,9-4)10-5/h6,11-15,19-20,22H,1,7-10,16-17H2,2-5H3/t19-,20+,22-/m1/s1. The molecule has 1 aromatic rings. The first kappa shape index (κ1) is 24.8. The summed E-state index contributed by atoms with van der Waals surface area (Å²) in [4.78, 5) is 29.9. The van der Waals surface area contributed by atoms with E-state index < -0.39 is 14.3 Å². The van der Waals surface area contributed by atoms with Crippen LogP contribution in [0.1, 0.15) is 40.5 Å². The van der Waals surface area contributed by atoms with E-state index in [9.17, 15) is 9.59 Å². The Morgan fingerprint density at radius 1 is 1.22 bits per heavy atom. The maximum atomic E-state index is 13.4. The van der Waals surface area contributed by atoms with Gasteiger partial charge in [0.25, 0.3) is 0 Å². The van der Waals surface area contributed by atoms with E-state index in [0.29, 0.717) is 12.1 Å². The van der Waals surface area contributed by atoms with Crippen LogP contribution >= 0.6 is 11.8 Å². The lowest BCUT2D eigenvalue weighted by Gasteiger charge is -2.48. The second kappa shape index (κ2) is 10.9. The number of ether oxygens (including phenoxy) is 1. The molecule has 0 radical (unpaired) electrons. The molecule has 3 atom stereocenters. The number of benzene rings is 1. The zero-order valence-electron chi connectivity index (χ0n) is 19.6. The summed E-state index contributed by atoms with van der Waals surface area (Å²) in [6.45, 7) is 12.5. The Bertz CT molecular complexity index is 860. The Morgan fingerprint density at radius 3 is 2.44 bits per heavy atom. The van der Waals surface area contributed by atoms with Crippen LogP contribution in [0.2, 0.25) is 18.1 Å². The predicted molar refractivity (Wildman–Crippen MR) is 132 cm³/mol. The molecule has 7 heteroatoms. The molecule has 174 valence electrons. The van der Waals surface area contributed by atoms with Gasteiger partial charge in [0.1, 0.15) is 12.3 Å². The maximum absolute atomic E-state index is 13.4. The predicted octanol–water partition coefficient (Wildman–Crippen LogP) is 5.75. The van der Waals surface area contributed by atoms with Crippen LogP contribution < -0.4 is 0 Å². The van der Waals surface area contributed by atoms with Crippen molar-refractivity contribution in [1.29, 1.82) is 0 Å². The van der Waals surface area contributed by atoms with E-state index in [-0.39, 0.29) is 30.6 Å².